The first kappa shape index (κ1) is 12.2. The number of carbonyl (C=O) groups excluding carboxylic acids is 3. The van der Waals surface area contributed by atoms with E-state index in [0.29, 0.717) is 11.5 Å². The molecule has 0 aromatic carbocycles. The van der Waals surface area contributed by atoms with E-state index in [0.717, 1.165) is 0 Å². The minimum absolute atomic E-state index is 0.0499. The van der Waals surface area contributed by atoms with Crippen molar-refractivity contribution in [1.82, 2.24) is 5.06 Å². The van der Waals surface area contributed by atoms with Crippen LogP contribution in [0.3, 0.4) is 0 Å². The van der Waals surface area contributed by atoms with Crippen molar-refractivity contribution in [2.24, 2.45) is 5.92 Å². The third-order valence-electron chi connectivity index (χ3n) is 2.17. The molecule has 5 nitrogen and oxygen atoms in total. The predicted octanol–water partition coefficient (Wildman–Crippen LogP) is 0.972. The Kier molecular flexibility index (Phi) is 3.60. The van der Waals surface area contributed by atoms with Crippen molar-refractivity contribution in [3.05, 3.63) is 24.8 Å². The van der Waals surface area contributed by atoms with Crippen molar-refractivity contribution < 1.29 is 19.2 Å². The Labute approximate surface area is 93.3 Å². The van der Waals surface area contributed by atoms with E-state index in [1.54, 1.807) is 6.08 Å². The quantitative estimate of drug-likeness (QED) is 0.404. The lowest BCUT2D eigenvalue weighted by Crippen LogP contribution is -2.33. The van der Waals surface area contributed by atoms with E-state index in [1.165, 1.54) is 6.92 Å². The average Bonchev–Trinajstić information content (AvgIpc) is 2.46. The second-order valence-corrected chi connectivity index (χ2v) is 3.61. The number of hydrogen-bond acceptors (Lipinski definition) is 4. The first-order valence-electron chi connectivity index (χ1n) is 4.83. The standard InChI is InChI=1S/C11H13NO4/c1-4-5-8-6-9(13)12(10(8)14)16-11(15)7(2)3/h4,8H,1-2,5-6H2,3H3. The van der Waals surface area contributed by atoms with Gasteiger partial charge in [-0.25, -0.2) is 4.79 Å². The first-order valence-corrected chi connectivity index (χ1v) is 4.83. The summed E-state index contributed by atoms with van der Waals surface area (Å²) in [4.78, 5) is 38.8. The highest BCUT2D eigenvalue weighted by Gasteiger charge is 2.40. The molecule has 1 heterocycles. The lowest BCUT2D eigenvalue weighted by molar-refractivity contribution is -0.195. The summed E-state index contributed by atoms with van der Waals surface area (Å²) in [6, 6.07) is 0. The van der Waals surface area contributed by atoms with Gasteiger partial charge < -0.3 is 4.84 Å². The molecule has 1 rings (SSSR count). The highest BCUT2D eigenvalue weighted by atomic mass is 16.7. The number of carbonyl (C=O) groups is 3. The van der Waals surface area contributed by atoms with Crippen LogP contribution in [0.15, 0.2) is 24.8 Å². The molecule has 0 aliphatic carbocycles. The van der Waals surface area contributed by atoms with E-state index in [2.05, 4.69) is 18.0 Å². The molecule has 1 aliphatic heterocycles. The molecule has 1 aliphatic rings. The highest BCUT2D eigenvalue weighted by Crippen LogP contribution is 2.23. The van der Waals surface area contributed by atoms with Crippen molar-refractivity contribution in [2.45, 2.75) is 19.8 Å². The van der Waals surface area contributed by atoms with Gasteiger partial charge in [-0.05, 0) is 13.3 Å². The minimum atomic E-state index is -0.777. The van der Waals surface area contributed by atoms with Crippen molar-refractivity contribution in [3.8, 4) is 0 Å². The Hall–Kier alpha value is -1.91. The fraction of sp³-hybridized carbons (Fsp3) is 0.364. The van der Waals surface area contributed by atoms with Gasteiger partial charge in [0.25, 0.3) is 11.8 Å². The first-order chi connectivity index (χ1) is 7.47. The van der Waals surface area contributed by atoms with E-state index in [-0.39, 0.29) is 12.0 Å². The van der Waals surface area contributed by atoms with E-state index in [4.69, 9.17) is 0 Å². The Bertz CT molecular complexity index is 372. The maximum absolute atomic E-state index is 11.6. The number of rotatable bonds is 4. The second-order valence-electron chi connectivity index (χ2n) is 3.61. The third kappa shape index (κ3) is 2.36. The normalized spacial score (nSPS) is 19.8. The number of amides is 2. The van der Waals surface area contributed by atoms with Crippen LogP contribution >= 0.6 is 0 Å². The third-order valence-corrected chi connectivity index (χ3v) is 2.17. The van der Waals surface area contributed by atoms with Gasteiger partial charge >= 0.3 is 5.97 Å². The molecule has 16 heavy (non-hydrogen) atoms. The molecular formula is C11H13NO4. The number of hydrogen-bond donors (Lipinski definition) is 0. The Morgan fingerprint density at radius 3 is 2.75 bits per heavy atom. The van der Waals surface area contributed by atoms with Crippen LogP contribution < -0.4 is 0 Å². The number of allylic oxidation sites excluding steroid dienone is 1. The van der Waals surface area contributed by atoms with Crippen LogP contribution in [-0.4, -0.2) is 22.8 Å². The molecule has 86 valence electrons. The molecule has 0 bridgehead atoms. The van der Waals surface area contributed by atoms with E-state index in [9.17, 15) is 14.4 Å². The Morgan fingerprint density at radius 1 is 1.62 bits per heavy atom. The molecule has 0 radical (unpaired) electrons. The van der Waals surface area contributed by atoms with Crippen LogP contribution in [0.1, 0.15) is 19.8 Å². The van der Waals surface area contributed by atoms with Gasteiger partial charge in [-0.2, -0.15) is 0 Å². The van der Waals surface area contributed by atoms with Crippen LogP contribution in [0.5, 0.6) is 0 Å². The maximum Gasteiger partial charge on any atom is 0.359 e. The second kappa shape index (κ2) is 4.74. The van der Waals surface area contributed by atoms with Crippen molar-refractivity contribution in [3.63, 3.8) is 0 Å². The zero-order valence-electron chi connectivity index (χ0n) is 9.06. The van der Waals surface area contributed by atoms with Gasteiger partial charge in [0.1, 0.15) is 0 Å². The van der Waals surface area contributed by atoms with Gasteiger partial charge in [-0.1, -0.05) is 12.7 Å². The topological polar surface area (TPSA) is 63.7 Å². The zero-order valence-corrected chi connectivity index (χ0v) is 9.06. The zero-order chi connectivity index (χ0) is 12.3. The van der Waals surface area contributed by atoms with Crippen molar-refractivity contribution in [2.75, 3.05) is 0 Å². The van der Waals surface area contributed by atoms with Gasteiger partial charge in [0, 0.05) is 12.0 Å². The smallest absolute Gasteiger partial charge is 0.325 e. The predicted molar refractivity (Wildman–Crippen MR) is 55.7 cm³/mol. The fourth-order valence-electron chi connectivity index (χ4n) is 1.31. The van der Waals surface area contributed by atoms with Crippen molar-refractivity contribution in [1.29, 1.82) is 0 Å². The molecule has 2 amide bonds. The molecule has 1 saturated heterocycles. The Morgan fingerprint density at radius 2 is 2.25 bits per heavy atom. The van der Waals surface area contributed by atoms with Crippen LogP contribution in [0.25, 0.3) is 0 Å². The Balaban J connectivity index is 2.71. The summed E-state index contributed by atoms with van der Waals surface area (Å²) in [5, 5.41) is 0.519. The van der Waals surface area contributed by atoms with Gasteiger partial charge in [-0.3, -0.25) is 9.59 Å². The number of imide groups is 1. The van der Waals surface area contributed by atoms with Crippen LogP contribution in [-0.2, 0) is 19.2 Å². The fourth-order valence-corrected chi connectivity index (χ4v) is 1.31. The van der Waals surface area contributed by atoms with Gasteiger partial charge in [-0.15, -0.1) is 11.6 Å². The summed E-state index contributed by atoms with van der Waals surface area (Å²) in [5.74, 6) is -2.25. The molecule has 0 spiro atoms. The molecule has 1 unspecified atom stereocenters. The summed E-state index contributed by atoms with van der Waals surface area (Å²) < 4.78 is 0. The van der Waals surface area contributed by atoms with Crippen LogP contribution in [0, 0.1) is 5.92 Å². The summed E-state index contributed by atoms with van der Waals surface area (Å²) in [6.45, 7) is 8.30. The van der Waals surface area contributed by atoms with Gasteiger partial charge in [0.15, 0.2) is 0 Å². The lowest BCUT2D eigenvalue weighted by Gasteiger charge is -2.13. The molecular weight excluding hydrogens is 210 g/mol. The average molecular weight is 223 g/mol. The maximum atomic E-state index is 11.6. The molecule has 0 aromatic heterocycles. The molecule has 1 atom stereocenters. The summed E-state index contributed by atoms with van der Waals surface area (Å²) >= 11 is 0. The molecule has 0 saturated carbocycles. The largest absolute Gasteiger partial charge is 0.359 e. The van der Waals surface area contributed by atoms with E-state index < -0.39 is 23.7 Å². The van der Waals surface area contributed by atoms with Gasteiger partial charge in [0.05, 0.1) is 5.92 Å². The van der Waals surface area contributed by atoms with Gasteiger partial charge in [0.2, 0.25) is 0 Å². The number of hydroxylamine groups is 2. The van der Waals surface area contributed by atoms with E-state index >= 15 is 0 Å². The SMILES string of the molecule is C=CCC1CC(=O)N(OC(=O)C(=C)C)C1=O. The van der Waals surface area contributed by atoms with E-state index in [1.807, 2.05) is 0 Å². The molecule has 5 heteroatoms. The molecule has 0 aromatic rings. The van der Waals surface area contributed by atoms with Crippen LogP contribution in [0.2, 0.25) is 0 Å². The lowest BCUT2D eigenvalue weighted by atomic mass is 10.0. The summed E-state index contributed by atoms with van der Waals surface area (Å²) in [6.07, 6.45) is 2.00. The number of nitrogens with zero attached hydrogens (tertiary/aromatic N) is 1. The molecule has 1 fully saturated rings. The monoisotopic (exact) mass is 223 g/mol. The summed E-state index contributed by atoms with van der Waals surface area (Å²) in [7, 11) is 0. The van der Waals surface area contributed by atoms with Crippen molar-refractivity contribution >= 4 is 17.8 Å². The van der Waals surface area contributed by atoms with Crippen LogP contribution in [0.4, 0.5) is 0 Å². The molecule has 0 N–H and O–H groups in total. The minimum Gasteiger partial charge on any atom is -0.325 e. The summed E-state index contributed by atoms with van der Waals surface area (Å²) in [5.41, 5.74) is 0.132. The highest BCUT2D eigenvalue weighted by molar-refractivity contribution is 6.04.